The molecule has 2 fully saturated rings. The molecule has 0 bridgehead atoms. The van der Waals surface area contributed by atoms with Gasteiger partial charge in [-0.05, 0) is 6.92 Å². The van der Waals surface area contributed by atoms with E-state index in [0.717, 1.165) is 4.68 Å². The molecule has 2 aliphatic heterocycles. The summed E-state index contributed by atoms with van der Waals surface area (Å²) in [5.74, 6) is -2.99. The lowest BCUT2D eigenvalue weighted by Gasteiger charge is -2.44. The number of aliphatic hydroxyl groups excluding tert-OH is 1. The average Bonchev–Trinajstić information content (AvgIpc) is 2.85. The van der Waals surface area contributed by atoms with Gasteiger partial charge in [0, 0.05) is 7.05 Å². The number of aliphatic hydroxyl groups is 1. The highest BCUT2D eigenvalue weighted by atomic mass is 32.2. The summed E-state index contributed by atoms with van der Waals surface area (Å²) in [5, 5.41) is 30.2. The third kappa shape index (κ3) is 2.68. The smallest absolute Gasteiger partial charge is 0.335 e. The molecule has 0 spiro atoms. The molecule has 3 N–H and O–H groups in total. The number of carboxylic acids is 1. The summed E-state index contributed by atoms with van der Waals surface area (Å²) >= 11 is 5.61. The van der Waals surface area contributed by atoms with Crippen molar-refractivity contribution in [1.29, 1.82) is 0 Å². The average molecular weight is 388 g/mol. The number of hydrogen-bond acceptors (Lipinski definition) is 9. The molecule has 25 heavy (non-hydrogen) atoms. The second-order valence-corrected chi connectivity index (χ2v) is 7.81. The lowest BCUT2D eigenvalue weighted by Crippen LogP contribution is -2.64. The first kappa shape index (κ1) is 18.0. The van der Waals surface area contributed by atoms with Crippen molar-refractivity contribution >= 4 is 36.3 Å². The van der Waals surface area contributed by atoms with Crippen molar-refractivity contribution in [3.05, 3.63) is 16.2 Å². The lowest BCUT2D eigenvalue weighted by molar-refractivity contribution is -0.167. The van der Waals surface area contributed by atoms with E-state index in [4.69, 9.17) is 0 Å². The molecule has 3 rings (SSSR count). The topological polar surface area (TPSA) is 146 Å². The van der Waals surface area contributed by atoms with Crippen molar-refractivity contribution in [2.45, 2.75) is 34.9 Å². The standard InChI is InChI=1S/C13H16N4O6S2/c1-3(18)4-11(21)17-5(13(22)23)7(25-12(4)17)6(24)8-14-9(19)10(20)15-16(8)2/h3-7,12,18,24H,1-2H3,(H,15,20)(H,22,23)/t3-,4+,5?,6?,7?,12?/m1/s1. The minimum Gasteiger partial charge on any atom is -0.488 e. The summed E-state index contributed by atoms with van der Waals surface area (Å²) < 4.78 is 1.15. The Kier molecular flexibility index (Phi) is 4.45. The predicted molar refractivity (Wildman–Crippen MR) is 89.3 cm³/mol. The van der Waals surface area contributed by atoms with Gasteiger partial charge in [-0.2, -0.15) is 17.6 Å². The van der Waals surface area contributed by atoms with Gasteiger partial charge in [0.25, 0.3) is 5.88 Å². The van der Waals surface area contributed by atoms with E-state index in [9.17, 15) is 29.7 Å². The Hall–Kier alpha value is -1.79. The Morgan fingerprint density at radius 1 is 1.40 bits per heavy atom. The highest BCUT2D eigenvalue weighted by Gasteiger charge is 2.63. The summed E-state index contributed by atoms with van der Waals surface area (Å²) in [6.45, 7) is 1.48. The van der Waals surface area contributed by atoms with Crippen LogP contribution in [0.25, 0.3) is 0 Å². The minimum atomic E-state index is -1.20. The van der Waals surface area contributed by atoms with Gasteiger partial charge >= 0.3 is 11.5 Å². The van der Waals surface area contributed by atoms with E-state index < -0.39 is 57.3 Å². The minimum absolute atomic E-state index is 0.0819. The van der Waals surface area contributed by atoms with Gasteiger partial charge in [-0.15, -0.1) is 16.9 Å². The molecule has 3 heterocycles. The first-order chi connectivity index (χ1) is 11.6. The number of fused-ring (bicyclic) bond motifs is 1. The van der Waals surface area contributed by atoms with Crippen molar-refractivity contribution in [3.63, 3.8) is 0 Å². The number of carbonyl (C=O) groups is 2. The number of aliphatic carboxylic acids is 1. The fraction of sp³-hybridized carbons (Fsp3) is 0.615. The van der Waals surface area contributed by atoms with Gasteiger partial charge in [0.05, 0.1) is 27.9 Å². The number of rotatable bonds is 4. The van der Waals surface area contributed by atoms with Gasteiger partial charge in [-0.25, -0.2) is 9.48 Å². The van der Waals surface area contributed by atoms with Crippen molar-refractivity contribution in [2.24, 2.45) is 13.0 Å². The number of nitrogens with zero attached hydrogens (tertiary/aromatic N) is 4. The molecule has 0 radical (unpaired) electrons. The summed E-state index contributed by atoms with van der Waals surface area (Å²) in [6, 6.07) is -1.16. The fourth-order valence-corrected chi connectivity index (χ4v) is 5.63. The van der Waals surface area contributed by atoms with Crippen LogP contribution in [-0.4, -0.2) is 69.6 Å². The van der Waals surface area contributed by atoms with Crippen molar-refractivity contribution in [1.82, 2.24) is 19.7 Å². The Balaban J connectivity index is 1.96. The van der Waals surface area contributed by atoms with Crippen LogP contribution in [0.2, 0.25) is 0 Å². The van der Waals surface area contributed by atoms with Gasteiger partial charge < -0.3 is 20.2 Å². The van der Waals surface area contributed by atoms with Crippen LogP contribution in [0.1, 0.15) is 18.0 Å². The Labute approximate surface area is 151 Å². The highest BCUT2D eigenvalue weighted by molar-refractivity contribution is 8.01. The number of aryl methyl sites for hydroxylation is 1. The molecule has 4 unspecified atom stereocenters. The lowest BCUT2D eigenvalue weighted by atomic mass is 9.90. The van der Waals surface area contributed by atoms with Crippen LogP contribution in [-0.2, 0) is 16.6 Å². The number of amides is 1. The van der Waals surface area contributed by atoms with Crippen molar-refractivity contribution in [3.8, 4) is 5.88 Å². The Bertz CT molecular complexity index is 799. The number of carbonyl (C=O) groups excluding carboxylic acids is 1. The summed E-state index contributed by atoms with van der Waals surface area (Å²) in [5.41, 5.74) is -0.941. The second kappa shape index (κ2) is 6.18. The molecule has 1 aromatic heterocycles. The van der Waals surface area contributed by atoms with E-state index in [-0.39, 0.29) is 5.82 Å². The van der Waals surface area contributed by atoms with E-state index in [0.29, 0.717) is 0 Å². The molecule has 0 saturated carbocycles. The number of thiol groups is 1. The van der Waals surface area contributed by atoms with Crippen molar-refractivity contribution < 1.29 is 24.9 Å². The van der Waals surface area contributed by atoms with Crippen LogP contribution in [0, 0.1) is 5.92 Å². The van der Waals surface area contributed by atoms with Gasteiger partial charge in [0.15, 0.2) is 0 Å². The molecule has 136 valence electrons. The highest BCUT2D eigenvalue weighted by Crippen LogP contribution is 2.52. The zero-order valence-electron chi connectivity index (χ0n) is 13.2. The van der Waals surface area contributed by atoms with E-state index in [1.165, 1.54) is 30.6 Å². The zero-order valence-corrected chi connectivity index (χ0v) is 14.9. The summed E-state index contributed by atoms with van der Waals surface area (Å²) in [4.78, 5) is 40.4. The van der Waals surface area contributed by atoms with Crippen LogP contribution in [0.5, 0.6) is 5.88 Å². The molecule has 1 aromatic rings. The molecule has 12 heteroatoms. The van der Waals surface area contributed by atoms with E-state index >= 15 is 0 Å². The molecule has 2 aliphatic rings. The van der Waals surface area contributed by atoms with Crippen LogP contribution in [0.4, 0.5) is 0 Å². The predicted octanol–water partition coefficient (Wildman–Crippen LogP) is -1.41. The quantitative estimate of drug-likeness (QED) is 0.361. The summed E-state index contributed by atoms with van der Waals surface area (Å²) in [6.07, 6.45) is -0.898. The van der Waals surface area contributed by atoms with Gasteiger partial charge in [-0.3, -0.25) is 9.59 Å². The van der Waals surface area contributed by atoms with Gasteiger partial charge in [0.2, 0.25) is 5.91 Å². The maximum Gasteiger partial charge on any atom is 0.335 e. The van der Waals surface area contributed by atoms with E-state index in [1.807, 2.05) is 0 Å². The molecule has 1 amide bonds. The molecule has 2 saturated heterocycles. The van der Waals surface area contributed by atoms with E-state index in [1.54, 1.807) is 0 Å². The number of aromatic hydroxyl groups is 1. The Morgan fingerprint density at radius 2 is 2.04 bits per heavy atom. The number of carboxylic acid groups (broad SMARTS) is 1. The third-order valence-electron chi connectivity index (χ3n) is 4.36. The second-order valence-electron chi connectivity index (χ2n) is 5.95. The van der Waals surface area contributed by atoms with Crippen LogP contribution in [0.15, 0.2) is 4.79 Å². The first-order valence-corrected chi connectivity index (χ1v) is 8.81. The fourth-order valence-electron chi connectivity index (χ4n) is 3.17. The Morgan fingerprint density at radius 3 is 2.60 bits per heavy atom. The zero-order chi connectivity index (χ0) is 18.6. The third-order valence-corrected chi connectivity index (χ3v) is 6.76. The number of β-lactam (4-membered cyclic amide) rings is 1. The normalized spacial score (nSPS) is 30.6. The number of aromatic nitrogens is 3. The largest absolute Gasteiger partial charge is 0.488 e. The van der Waals surface area contributed by atoms with Gasteiger partial charge in [-0.1, -0.05) is 0 Å². The number of hydrogen-bond donors (Lipinski definition) is 4. The molecule has 6 atom stereocenters. The molecule has 0 aromatic carbocycles. The maximum atomic E-state index is 12.2. The van der Waals surface area contributed by atoms with Crippen molar-refractivity contribution in [2.75, 3.05) is 0 Å². The summed E-state index contributed by atoms with van der Waals surface area (Å²) in [7, 11) is 1.44. The molecule has 0 aliphatic carbocycles. The monoisotopic (exact) mass is 388 g/mol. The molecule has 10 nitrogen and oxygen atoms in total. The SMILES string of the molecule is C[C@@H](O)[C@H]1C(=O)N2C(C(=O)O)C(C(S)c3nc(=O)c(O)nn3C)SC12. The number of thioether (sulfide) groups is 1. The van der Waals surface area contributed by atoms with Crippen LogP contribution in [0.3, 0.4) is 0 Å². The first-order valence-electron chi connectivity index (χ1n) is 7.36. The molecular weight excluding hydrogens is 372 g/mol. The van der Waals surface area contributed by atoms with Crippen LogP contribution >= 0.6 is 24.4 Å². The maximum absolute atomic E-state index is 12.2. The van der Waals surface area contributed by atoms with Gasteiger partial charge in [0.1, 0.15) is 11.9 Å². The van der Waals surface area contributed by atoms with Crippen LogP contribution < -0.4 is 5.56 Å². The van der Waals surface area contributed by atoms with E-state index in [2.05, 4.69) is 22.7 Å². The molecular formula is C13H16N4O6S2.